The van der Waals surface area contributed by atoms with Gasteiger partial charge in [-0.25, -0.2) is 0 Å². The van der Waals surface area contributed by atoms with Crippen LogP contribution in [0.2, 0.25) is 0 Å². The Morgan fingerprint density at radius 2 is 2.15 bits per heavy atom. The molecule has 2 atom stereocenters. The van der Waals surface area contributed by atoms with E-state index in [-0.39, 0.29) is 0 Å². The summed E-state index contributed by atoms with van der Waals surface area (Å²) in [6, 6.07) is 0. The molecular weight excluding hydrogens is 162 g/mol. The van der Waals surface area contributed by atoms with Crippen LogP contribution in [0.25, 0.3) is 0 Å². The molecule has 2 bridgehead atoms. The number of hydrogen-bond acceptors (Lipinski definition) is 2. The predicted molar refractivity (Wildman–Crippen MR) is 52.6 cm³/mol. The third-order valence-electron chi connectivity index (χ3n) is 4.16. The van der Waals surface area contributed by atoms with Crippen molar-refractivity contribution < 1.29 is 4.79 Å². The van der Waals surface area contributed by atoms with Gasteiger partial charge in [-0.2, -0.15) is 0 Å². The molecule has 0 radical (unpaired) electrons. The van der Waals surface area contributed by atoms with E-state index in [1.54, 1.807) is 0 Å². The van der Waals surface area contributed by atoms with E-state index in [1.165, 1.54) is 12.8 Å². The van der Waals surface area contributed by atoms with Gasteiger partial charge in [0.2, 0.25) is 0 Å². The first-order valence-corrected chi connectivity index (χ1v) is 5.49. The number of carbonyl (C=O) groups excluding carboxylic acids is 1. The summed E-state index contributed by atoms with van der Waals surface area (Å²) in [5, 5.41) is 0. The lowest BCUT2D eigenvalue weighted by Crippen LogP contribution is -2.61. The first kappa shape index (κ1) is 9.20. The van der Waals surface area contributed by atoms with Gasteiger partial charge in [-0.3, -0.25) is 9.69 Å². The van der Waals surface area contributed by atoms with Crippen molar-refractivity contribution in [3.05, 3.63) is 0 Å². The molecule has 0 aliphatic carbocycles. The van der Waals surface area contributed by atoms with Crippen LogP contribution in [-0.4, -0.2) is 29.3 Å². The molecular formula is C11H19NO. The van der Waals surface area contributed by atoms with Crippen LogP contribution in [0.3, 0.4) is 0 Å². The Kier molecular flexibility index (Phi) is 2.18. The van der Waals surface area contributed by atoms with Gasteiger partial charge >= 0.3 is 0 Å². The molecule has 2 unspecified atom stereocenters. The Bertz CT molecular complexity index is 220. The Morgan fingerprint density at radius 1 is 1.46 bits per heavy atom. The molecule has 0 aromatic carbocycles. The van der Waals surface area contributed by atoms with Gasteiger partial charge in [-0.15, -0.1) is 0 Å². The third kappa shape index (κ3) is 1.23. The quantitative estimate of drug-likeness (QED) is 0.648. The summed E-state index contributed by atoms with van der Waals surface area (Å²) in [5.41, 5.74) is 0.372. The largest absolute Gasteiger partial charge is 0.298 e. The zero-order valence-electron chi connectivity index (χ0n) is 8.68. The van der Waals surface area contributed by atoms with E-state index >= 15 is 0 Å². The Labute approximate surface area is 80.3 Å². The minimum absolute atomic E-state index is 0.372. The average Bonchev–Trinajstić information content (AvgIpc) is 2.19. The number of carbonyl (C=O) groups is 1. The van der Waals surface area contributed by atoms with Crippen LogP contribution in [0.15, 0.2) is 0 Å². The molecule has 3 aliphatic rings. The molecule has 13 heavy (non-hydrogen) atoms. The monoisotopic (exact) mass is 181 g/mol. The highest BCUT2D eigenvalue weighted by molar-refractivity contribution is 5.84. The second-order valence-corrected chi connectivity index (χ2v) is 4.51. The summed E-state index contributed by atoms with van der Waals surface area (Å²) >= 11 is 0. The van der Waals surface area contributed by atoms with Gasteiger partial charge in [-0.05, 0) is 32.2 Å². The minimum Gasteiger partial charge on any atom is -0.298 e. The van der Waals surface area contributed by atoms with E-state index in [9.17, 15) is 4.79 Å². The number of ketones is 1. The number of nitrogens with zero attached hydrogens (tertiary/aromatic N) is 1. The first-order valence-electron chi connectivity index (χ1n) is 5.49. The highest BCUT2D eigenvalue weighted by Gasteiger charge is 2.46. The highest BCUT2D eigenvalue weighted by Crippen LogP contribution is 2.41. The fourth-order valence-electron chi connectivity index (χ4n) is 3.06. The summed E-state index contributed by atoms with van der Waals surface area (Å²) < 4.78 is 0. The summed E-state index contributed by atoms with van der Waals surface area (Å²) in [4.78, 5) is 14.0. The summed E-state index contributed by atoms with van der Waals surface area (Å²) in [6.45, 7) is 6.40. The van der Waals surface area contributed by atoms with Gasteiger partial charge in [0.25, 0.3) is 0 Å². The predicted octanol–water partition coefficient (Wildman–Crippen LogP) is 1.84. The zero-order valence-corrected chi connectivity index (χ0v) is 8.68. The number of rotatable bonds is 2. The van der Waals surface area contributed by atoms with Crippen LogP contribution in [0.1, 0.15) is 39.5 Å². The molecule has 0 spiro atoms. The normalized spacial score (nSPS) is 36.6. The molecule has 0 aromatic heterocycles. The molecule has 3 rings (SSSR count). The van der Waals surface area contributed by atoms with E-state index in [2.05, 4.69) is 18.7 Å². The second kappa shape index (κ2) is 3.09. The number of hydrogen-bond donors (Lipinski definition) is 0. The number of piperidine rings is 3. The van der Waals surface area contributed by atoms with Gasteiger partial charge in [0.05, 0.1) is 6.54 Å². The Hall–Kier alpha value is -0.370. The molecule has 0 amide bonds. The fourth-order valence-corrected chi connectivity index (χ4v) is 3.06. The van der Waals surface area contributed by atoms with Gasteiger partial charge < -0.3 is 0 Å². The number of fused-ring (bicyclic) bond motifs is 3. The van der Waals surface area contributed by atoms with Crippen molar-refractivity contribution in [2.75, 3.05) is 13.1 Å². The fraction of sp³-hybridized carbons (Fsp3) is 0.909. The first-order chi connectivity index (χ1) is 6.22. The Balaban J connectivity index is 2.21. The van der Waals surface area contributed by atoms with Crippen molar-refractivity contribution in [3.63, 3.8) is 0 Å². The van der Waals surface area contributed by atoms with Crippen molar-refractivity contribution in [3.8, 4) is 0 Å². The Morgan fingerprint density at radius 3 is 2.54 bits per heavy atom. The van der Waals surface area contributed by atoms with Gasteiger partial charge in [0, 0.05) is 11.5 Å². The molecule has 0 saturated carbocycles. The van der Waals surface area contributed by atoms with Crippen molar-refractivity contribution in [1.29, 1.82) is 0 Å². The minimum atomic E-state index is 0.372. The summed E-state index contributed by atoms with van der Waals surface area (Å²) in [6.07, 6.45) is 4.64. The van der Waals surface area contributed by atoms with E-state index in [0.717, 1.165) is 25.9 Å². The van der Waals surface area contributed by atoms with Crippen LogP contribution >= 0.6 is 0 Å². The molecule has 3 saturated heterocycles. The van der Waals surface area contributed by atoms with Crippen molar-refractivity contribution in [1.82, 2.24) is 4.90 Å². The molecule has 3 heterocycles. The van der Waals surface area contributed by atoms with Gasteiger partial charge in [0.15, 0.2) is 0 Å². The van der Waals surface area contributed by atoms with Gasteiger partial charge in [-0.1, -0.05) is 13.8 Å². The molecule has 0 N–H and O–H groups in total. The molecule has 3 aliphatic heterocycles. The van der Waals surface area contributed by atoms with Gasteiger partial charge in [0.1, 0.15) is 5.78 Å². The molecule has 0 aromatic rings. The third-order valence-corrected chi connectivity index (χ3v) is 4.16. The van der Waals surface area contributed by atoms with Crippen molar-refractivity contribution in [2.24, 2.45) is 5.92 Å². The van der Waals surface area contributed by atoms with E-state index in [1.807, 2.05) is 0 Å². The number of Topliss-reactive ketones (excluding diaryl/α,β-unsaturated/α-hetero) is 1. The van der Waals surface area contributed by atoms with Crippen LogP contribution in [-0.2, 0) is 4.79 Å². The topological polar surface area (TPSA) is 20.3 Å². The van der Waals surface area contributed by atoms with Crippen LogP contribution in [0.5, 0.6) is 0 Å². The second-order valence-electron chi connectivity index (χ2n) is 4.51. The van der Waals surface area contributed by atoms with Crippen LogP contribution < -0.4 is 0 Å². The summed E-state index contributed by atoms with van der Waals surface area (Å²) in [7, 11) is 0. The average molecular weight is 181 g/mol. The lowest BCUT2D eigenvalue weighted by Gasteiger charge is -2.53. The molecule has 3 fully saturated rings. The van der Waals surface area contributed by atoms with Crippen molar-refractivity contribution >= 4 is 5.78 Å². The highest BCUT2D eigenvalue weighted by atomic mass is 16.1. The standard InChI is InChI=1S/C11H19NO/c1-3-11(4-2)7-9-5-6-12(11)8-10(9)13/h9H,3-8H2,1-2H3. The smallest absolute Gasteiger partial charge is 0.150 e. The van der Waals surface area contributed by atoms with E-state index < -0.39 is 0 Å². The van der Waals surface area contributed by atoms with Crippen LogP contribution in [0.4, 0.5) is 0 Å². The maximum atomic E-state index is 11.5. The lowest BCUT2D eigenvalue weighted by molar-refractivity contribution is -0.140. The van der Waals surface area contributed by atoms with Crippen LogP contribution in [0, 0.1) is 5.92 Å². The lowest BCUT2D eigenvalue weighted by atomic mass is 9.71. The molecule has 2 heteroatoms. The van der Waals surface area contributed by atoms with E-state index in [4.69, 9.17) is 0 Å². The molecule has 74 valence electrons. The molecule has 2 nitrogen and oxygen atoms in total. The SMILES string of the molecule is CCC1(CC)CC2CCN1CC2=O. The summed E-state index contributed by atoms with van der Waals surface area (Å²) in [5.74, 6) is 0.883. The maximum absolute atomic E-state index is 11.5. The zero-order chi connectivity index (χ0) is 9.47. The maximum Gasteiger partial charge on any atom is 0.150 e. The van der Waals surface area contributed by atoms with E-state index in [0.29, 0.717) is 17.2 Å². The van der Waals surface area contributed by atoms with Crippen molar-refractivity contribution in [2.45, 2.75) is 45.1 Å².